The van der Waals surface area contributed by atoms with Crippen molar-refractivity contribution in [2.45, 2.75) is 45.6 Å². The number of nitrogens with two attached hydrogens (primary N) is 1. The molecule has 2 rings (SSSR count). The highest BCUT2D eigenvalue weighted by Crippen LogP contribution is 2.48. The van der Waals surface area contributed by atoms with Gasteiger partial charge < -0.3 is 10.6 Å². The molecule has 0 amide bonds. The first-order valence-corrected chi connectivity index (χ1v) is 7.02. The summed E-state index contributed by atoms with van der Waals surface area (Å²) in [6.45, 7) is 6.70. The van der Waals surface area contributed by atoms with Crippen LogP contribution in [0.3, 0.4) is 0 Å². The molecule has 5 atom stereocenters. The van der Waals surface area contributed by atoms with E-state index in [-0.39, 0.29) is 0 Å². The molecule has 2 fully saturated rings. The van der Waals surface area contributed by atoms with Gasteiger partial charge in [-0.2, -0.15) is 0 Å². The van der Waals surface area contributed by atoms with Crippen LogP contribution in [0.2, 0.25) is 0 Å². The lowest BCUT2D eigenvalue weighted by Gasteiger charge is -2.33. The monoisotopic (exact) mass is 224 g/mol. The van der Waals surface area contributed by atoms with E-state index in [9.17, 15) is 0 Å². The molecule has 0 radical (unpaired) electrons. The summed E-state index contributed by atoms with van der Waals surface area (Å²) in [5.41, 5.74) is 5.75. The standard InChI is InChI=1S/C14H28N2/c1-10(8-15)11(2)16(3)9-14-7-12-4-5-13(14)6-12/h10-14H,4-9,15H2,1-3H3. The van der Waals surface area contributed by atoms with Crippen LogP contribution in [-0.2, 0) is 0 Å². The third-order valence-electron chi connectivity index (χ3n) is 5.30. The summed E-state index contributed by atoms with van der Waals surface area (Å²) in [5.74, 6) is 3.72. The third kappa shape index (κ3) is 2.43. The molecule has 2 N–H and O–H groups in total. The van der Waals surface area contributed by atoms with Crippen LogP contribution in [-0.4, -0.2) is 31.1 Å². The lowest BCUT2D eigenvalue weighted by atomic mass is 9.88. The number of rotatable bonds is 5. The van der Waals surface area contributed by atoms with Crippen molar-refractivity contribution in [1.29, 1.82) is 0 Å². The smallest absolute Gasteiger partial charge is 0.0102 e. The zero-order valence-electron chi connectivity index (χ0n) is 11.2. The molecule has 2 bridgehead atoms. The van der Waals surface area contributed by atoms with Crippen molar-refractivity contribution in [3.63, 3.8) is 0 Å². The van der Waals surface area contributed by atoms with Gasteiger partial charge in [-0.25, -0.2) is 0 Å². The van der Waals surface area contributed by atoms with Crippen molar-refractivity contribution in [3.05, 3.63) is 0 Å². The van der Waals surface area contributed by atoms with Crippen LogP contribution in [0.1, 0.15) is 39.5 Å². The topological polar surface area (TPSA) is 29.3 Å². The molecule has 16 heavy (non-hydrogen) atoms. The molecule has 0 heterocycles. The molecule has 0 saturated heterocycles. The van der Waals surface area contributed by atoms with Crippen molar-refractivity contribution < 1.29 is 0 Å². The molecule has 0 aromatic heterocycles. The first kappa shape index (κ1) is 12.4. The first-order chi connectivity index (χ1) is 7.61. The Morgan fingerprint density at radius 1 is 1.25 bits per heavy atom. The lowest BCUT2D eigenvalue weighted by molar-refractivity contribution is 0.150. The van der Waals surface area contributed by atoms with E-state index in [1.54, 1.807) is 0 Å². The maximum atomic E-state index is 5.75. The highest BCUT2D eigenvalue weighted by atomic mass is 15.1. The molecular formula is C14H28N2. The summed E-state index contributed by atoms with van der Waals surface area (Å²) in [6, 6.07) is 0.629. The quantitative estimate of drug-likeness (QED) is 0.776. The summed E-state index contributed by atoms with van der Waals surface area (Å²) in [5, 5.41) is 0. The zero-order chi connectivity index (χ0) is 11.7. The minimum Gasteiger partial charge on any atom is -0.330 e. The molecule has 2 aliphatic rings. The Kier molecular flexibility index (Phi) is 3.91. The molecular weight excluding hydrogens is 196 g/mol. The van der Waals surface area contributed by atoms with Crippen LogP contribution in [0, 0.1) is 23.7 Å². The lowest BCUT2D eigenvalue weighted by Crippen LogP contribution is -2.41. The van der Waals surface area contributed by atoms with Gasteiger partial charge in [0.2, 0.25) is 0 Å². The van der Waals surface area contributed by atoms with E-state index in [1.807, 2.05) is 0 Å². The largest absolute Gasteiger partial charge is 0.330 e. The highest BCUT2D eigenvalue weighted by Gasteiger charge is 2.40. The van der Waals surface area contributed by atoms with Crippen LogP contribution in [0.5, 0.6) is 0 Å². The van der Waals surface area contributed by atoms with Gasteiger partial charge in [0, 0.05) is 12.6 Å². The number of hydrogen-bond donors (Lipinski definition) is 1. The Morgan fingerprint density at radius 2 is 2.00 bits per heavy atom. The predicted molar refractivity (Wildman–Crippen MR) is 69.2 cm³/mol. The molecule has 0 aromatic rings. The molecule has 5 unspecified atom stereocenters. The van der Waals surface area contributed by atoms with Crippen molar-refractivity contribution in [3.8, 4) is 0 Å². The fourth-order valence-corrected chi connectivity index (χ4v) is 3.77. The number of hydrogen-bond acceptors (Lipinski definition) is 2. The molecule has 2 saturated carbocycles. The van der Waals surface area contributed by atoms with E-state index in [2.05, 4.69) is 25.8 Å². The molecule has 0 aromatic carbocycles. The molecule has 0 spiro atoms. The van der Waals surface area contributed by atoms with E-state index in [4.69, 9.17) is 5.73 Å². The average molecular weight is 224 g/mol. The van der Waals surface area contributed by atoms with Gasteiger partial charge in [0.25, 0.3) is 0 Å². The predicted octanol–water partition coefficient (Wildman–Crippen LogP) is 2.34. The van der Waals surface area contributed by atoms with Gasteiger partial charge >= 0.3 is 0 Å². The van der Waals surface area contributed by atoms with Crippen LogP contribution in [0.4, 0.5) is 0 Å². The first-order valence-electron chi connectivity index (χ1n) is 7.02. The Bertz CT molecular complexity index is 229. The summed E-state index contributed by atoms with van der Waals surface area (Å²) in [4.78, 5) is 2.54. The summed E-state index contributed by atoms with van der Waals surface area (Å²) in [6.07, 6.45) is 6.04. The maximum absolute atomic E-state index is 5.75. The van der Waals surface area contributed by atoms with Crippen LogP contribution >= 0.6 is 0 Å². The van der Waals surface area contributed by atoms with Crippen molar-refractivity contribution in [2.75, 3.05) is 20.1 Å². The van der Waals surface area contributed by atoms with Crippen molar-refractivity contribution in [2.24, 2.45) is 29.4 Å². The number of fused-ring (bicyclic) bond motifs is 2. The minimum atomic E-state index is 0.614. The highest BCUT2D eigenvalue weighted by molar-refractivity contribution is 4.91. The van der Waals surface area contributed by atoms with Gasteiger partial charge in [-0.15, -0.1) is 0 Å². The summed E-state index contributed by atoms with van der Waals surface area (Å²) < 4.78 is 0. The summed E-state index contributed by atoms with van der Waals surface area (Å²) in [7, 11) is 2.28. The van der Waals surface area contributed by atoms with Crippen molar-refractivity contribution >= 4 is 0 Å². The van der Waals surface area contributed by atoms with Gasteiger partial charge in [-0.3, -0.25) is 0 Å². The molecule has 2 heteroatoms. The van der Waals surface area contributed by atoms with E-state index >= 15 is 0 Å². The van der Waals surface area contributed by atoms with Crippen LogP contribution < -0.4 is 5.73 Å². The van der Waals surface area contributed by atoms with E-state index in [1.165, 1.54) is 32.2 Å². The zero-order valence-corrected chi connectivity index (χ0v) is 11.2. The van der Waals surface area contributed by atoms with Crippen LogP contribution in [0.25, 0.3) is 0 Å². The molecule has 2 aliphatic carbocycles. The second-order valence-electron chi connectivity index (χ2n) is 6.33. The van der Waals surface area contributed by atoms with E-state index in [0.29, 0.717) is 12.0 Å². The van der Waals surface area contributed by atoms with Gasteiger partial charge in [0.05, 0.1) is 0 Å². The fourth-order valence-electron chi connectivity index (χ4n) is 3.77. The Labute approximate surface area is 101 Å². The SMILES string of the molecule is CC(CN)C(C)N(C)CC1CC2CCC1C2. The molecule has 2 nitrogen and oxygen atoms in total. The Hall–Kier alpha value is -0.0800. The summed E-state index contributed by atoms with van der Waals surface area (Å²) >= 11 is 0. The second-order valence-corrected chi connectivity index (χ2v) is 6.33. The third-order valence-corrected chi connectivity index (χ3v) is 5.30. The Morgan fingerprint density at radius 3 is 2.50 bits per heavy atom. The van der Waals surface area contributed by atoms with Crippen LogP contribution in [0.15, 0.2) is 0 Å². The normalized spacial score (nSPS) is 36.9. The van der Waals surface area contributed by atoms with E-state index < -0.39 is 0 Å². The van der Waals surface area contributed by atoms with E-state index in [0.717, 1.165) is 24.3 Å². The van der Waals surface area contributed by atoms with Gasteiger partial charge in [-0.05, 0) is 63.5 Å². The van der Waals surface area contributed by atoms with Gasteiger partial charge in [0.15, 0.2) is 0 Å². The number of nitrogens with zero attached hydrogens (tertiary/aromatic N) is 1. The second kappa shape index (κ2) is 5.05. The Balaban J connectivity index is 1.81. The molecule has 94 valence electrons. The van der Waals surface area contributed by atoms with Gasteiger partial charge in [-0.1, -0.05) is 13.3 Å². The molecule has 0 aliphatic heterocycles. The minimum absolute atomic E-state index is 0.614. The maximum Gasteiger partial charge on any atom is 0.0102 e. The van der Waals surface area contributed by atoms with Crippen molar-refractivity contribution in [1.82, 2.24) is 4.90 Å². The fraction of sp³-hybridized carbons (Fsp3) is 1.00. The van der Waals surface area contributed by atoms with Gasteiger partial charge in [0.1, 0.15) is 0 Å². The average Bonchev–Trinajstić information content (AvgIpc) is 2.88.